The van der Waals surface area contributed by atoms with Crippen molar-refractivity contribution in [2.75, 3.05) is 13.1 Å². The van der Waals surface area contributed by atoms with E-state index >= 15 is 0 Å². The second-order valence-corrected chi connectivity index (χ2v) is 9.17. The highest BCUT2D eigenvalue weighted by Gasteiger charge is 2.45. The topological polar surface area (TPSA) is 33.7 Å². The molecule has 4 atom stereocenters. The lowest BCUT2D eigenvalue weighted by atomic mass is 9.98. The van der Waals surface area contributed by atoms with E-state index in [1.54, 1.807) is 0 Å². The number of benzene rings is 3. The Morgan fingerprint density at radius 2 is 1.21 bits per heavy atom. The summed E-state index contributed by atoms with van der Waals surface area (Å²) in [5.41, 5.74) is 3.81. The van der Waals surface area contributed by atoms with E-state index in [0.717, 1.165) is 32.5 Å². The lowest BCUT2D eigenvalue weighted by Crippen LogP contribution is -2.53. The molecule has 1 N–H and O–H groups in total. The molecule has 0 unspecified atom stereocenters. The van der Waals surface area contributed by atoms with Crippen molar-refractivity contribution >= 4 is 0 Å². The van der Waals surface area contributed by atoms with Gasteiger partial charge in [0, 0.05) is 13.1 Å². The first-order valence-corrected chi connectivity index (χ1v) is 12.2. The number of rotatable bonds is 9. The Morgan fingerprint density at radius 3 is 1.82 bits per heavy atom. The highest BCUT2D eigenvalue weighted by molar-refractivity contribution is 5.17. The van der Waals surface area contributed by atoms with Crippen LogP contribution in [0.15, 0.2) is 91.0 Å². The van der Waals surface area contributed by atoms with Crippen LogP contribution in [0.5, 0.6) is 0 Å². The summed E-state index contributed by atoms with van der Waals surface area (Å²) in [6.45, 7) is 4.29. The molecule has 0 saturated carbocycles. The maximum Gasteiger partial charge on any atom is 0.0763 e. The molecule has 4 nitrogen and oxygen atoms in total. The van der Waals surface area contributed by atoms with Gasteiger partial charge in [-0.25, -0.2) is 0 Å². The van der Waals surface area contributed by atoms with Crippen molar-refractivity contribution in [2.24, 2.45) is 0 Å². The molecule has 0 amide bonds. The van der Waals surface area contributed by atoms with Gasteiger partial charge in [-0.3, -0.25) is 4.90 Å². The Morgan fingerprint density at radius 1 is 0.667 bits per heavy atom. The highest BCUT2D eigenvalue weighted by atomic mass is 16.5. The van der Waals surface area contributed by atoms with E-state index in [4.69, 9.17) is 9.47 Å². The van der Waals surface area contributed by atoms with Gasteiger partial charge in [0.05, 0.1) is 37.5 Å². The summed E-state index contributed by atoms with van der Waals surface area (Å²) in [6, 6.07) is 32.3. The van der Waals surface area contributed by atoms with Crippen LogP contribution in [0.25, 0.3) is 0 Å². The Hall–Kier alpha value is -2.50. The molecule has 2 fully saturated rings. The van der Waals surface area contributed by atoms with Gasteiger partial charge in [0.2, 0.25) is 0 Å². The summed E-state index contributed by atoms with van der Waals surface area (Å²) >= 11 is 0. The first kappa shape index (κ1) is 22.3. The van der Waals surface area contributed by atoms with Crippen molar-refractivity contribution in [1.29, 1.82) is 0 Å². The van der Waals surface area contributed by atoms with Gasteiger partial charge in [0.1, 0.15) is 0 Å². The zero-order chi connectivity index (χ0) is 22.3. The molecule has 0 bridgehead atoms. The fraction of sp³-hybridized carbons (Fsp3) is 0.379. The molecular formula is C29H34N2O2. The first-order chi connectivity index (χ1) is 16.4. The molecule has 0 aromatic heterocycles. The largest absolute Gasteiger partial charge is 0.372 e. The van der Waals surface area contributed by atoms with Crippen molar-refractivity contribution in [3.05, 3.63) is 108 Å². The Bertz CT molecular complexity index is 967. The quantitative estimate of drug-likeness (QED) is 0.516. The second kappa shape index (κ2) is 11.1. The SMILES string of the molecule is c1ccc(CO[C@@H]2CCN[C@H]2[C@H]2[C@H](OCc3ccccc3)CCN2Cc2ccccc2)cc1. The summed E-state index contributed by atoms with van der Waals surface area (Å²) in [5.74, 6) is 0. The van der Waals surface area contributed by atoms with E-state index in [-0.39, 0.29) is 24.3 Å². The minimum Gasteiger partial charge on any atom is -0.372 e. The molecule has 0 spiro atoms. The molecule has 2 aliphatic rings. The van der Waals surface area contributed by atoms with Crippen LogP contribution in [0.3, 0.4) is 0 Å². The molecule has 172 valence electrons. The summed E-state index contributed by atoms with van der Waals surface area (Å²) in [4.78, 5) is 2.60. The normalized spacial score (nSPS) is 25.5. The fourth-order valence-corrected chi connectivity index (χ4v) is 5.28. The molecule has 2 aliphatic heterocycles. The predicted octanol–water partition coefficient (Wildman–Crippen LogP) is 4.79. The van der Waals surface area contributed by atoms with E-state index in [1.165, 1.54) is 16.7 Å². The number of likely N-dealkylation sites (tertiary alicyclic amines) is 1. The fourth-order valence-electron chi connectivity index (χ4n) is 5.28. The number of ether oxygens (including phenoxy) is 2. The van der Waals surface area contributed by atoms with Crippen LogP contribution in [0, 0.1) is 0 Å². The minimum atomic E-state index is 0.187. The molecule has 2 heterocycles. The third-order valence-electron chi connectivity index (χ3n) is 6.92. The Balaban J connectivity index is 1.31. The molecule has 3 aromatic carbocycles. The van der Waals surface area contributed by atoms with Gasteiger partial charge in [-0.1, -0.05) is 91.0 Å². The van der Waals surface area contributed by atoms with Crippen LogP contribution >= 0.6 is 0 Å². The van der Waals surface area contributed by atoms with Crippen molar-refractivity contribution in [3.63, 3.8) is 0 Å². The number of hydrogen-bond donors (Lipinski definition) is 1. The number of hydrogen-bond acceptors (Lipinski definition) is 4. The van der Waals surface area contributed by atoms with E-state index in [2.05, 4.69) is 101 Å². The standard InChI is InChI=1S/C29H34N2O2/c1-4-10-23(11-5-1)20-31-19-17-27(33-22-25-14-8-3-9-15-25)29(31)28-26(16-18-30-28)32-21-24-12-6-2-7-13-24/h1-15,26-30H,16-22H2/t26-,27-,28-,29-/m1/s1. The molecule has 2 saturated heterocycles. The van der Waals surface area contributed by atoms with Gasteiger partial charge in [0.15, 0.2) is 0 Å². The van der Waals surface area contributed by atoms with Crippen LogP contribution < -0.4 is 5.32 Å². The lowest BCUT2D eigenvalue weighted by Gasteiger charge is -2.36. The summed E-state index contributed by atoms with van der Waals surface area (Å²) in [7, 11) is 0. The molecule has 0 radical (unpaired) electrons. The molecule has 5 rings (SSSR count). The van der Waals surface area contributed by atoms with Gasteiger partial charge in [0.25, 0.3) is 0 Å². The Kier molecular flexibility index (Phi) is 7.49. The zero-order valence-corrected chi connectivity index (χ0v) is 19.2. The molecular weight excluding hydrogens is 408 g/mol. The second-order valence-electron chi connectivity index (χ2n) is 9.17. The predicted molar refractivity (Wildman–Crippen MR) is 132 cm³/mol. The van der Waals surface area contributed by atoms with Crippen molar-refractivity contribution in [2.45, 2.75) is 56.9 Å². The van der Waals surface area contributed by atoms with E-state index in [9.17, 15) is 0 Å². The van der Waals surface area contributed by atoms with Gasteiger partial charge < -0.3 is 14.8 Å². The van der Waals surface area contributed by atoms with Gasteiger partial charge in [-0.2, -0.15) is 0 Å². The van der Waals surface area contributed by atoms with Crippen LogP contribution in [-0.4, -0.2) is 42.3 Å². The zero-order valence-electron chi connectivity index (χ0n) is 19.2. The van der Waals surface area contributed by atoms with Gasteiger partial charge in [-0.15, -0.1) is 0 Å². The van der Waals surface area contributed by atoms with Crippen LogP contribution in [-0.2, 0) is 29.2 Å². The van der Waals surface area contributed by atoms with Crippen molar-refractivity contribution < 1.29 is 9.47 Å². The van der Waals surface area contributed by atoms with Crippen molar-refractivity contribution in [3.8, 4) is 0 Å². The Labute approximate surface area is 197 Å². The monoisotopic (exact) mass is 442 g/mol. The third kappa shape index (κ3) is 5.71. The highest BCUT2D eigenvalue weighted by Crippen LogP contribution is 2.31. The van der Waals surface area contributed by atoms with E-state index < -0.39 is 0 Å². The number of nitrogens with zero attached hydrogens (tertiary/aromatic N) is 1. The van der Waals surface area contributed by atoms with Crippen molar-refractivity contribution in [1.82, 2.24) is 10.2 Å². The number of nitrogens with one attached hydrogen (secondary N) is 1. The van der Waals surface area contributed by atoms with Crippen LogP contribution in [0.1, 0.15) is 29.5 Å². The maximum atomic E-state index is 6.56. The smallest absolute Gasteiger partial charge is 0.0763 e. The summed E-state index contributed by atoms with van der Waals surface area (Å²) in [6.07, 6.45) is 2.47. The van der Waals surface area contributed by atoms with Gasteiger partial charge >= 0.3 is 0 Å². The lowest BCUT2D eigenvalue weighted by molar-refractivity contribution is -0.0329. The molecule has 33 heavy (non-hydrogen) atoms. The minimum absolute atomic E-state index is 0.187. The third-order valence-corrected chi connectivity index (χ3v) is 6.92. The van der Waals surface area contributed by atoms with E-state index in [0.29, 0.717) is 13.2 Å². The van der Waals surface area contributed by atoms with E-state index in [1.807, 2.05) is 0 Å². The van der Waals surface area contributed by atoms with Crippen LogP contribution in [0.4, 0.5) is 0 Å². The van der Waals surface area contributed by atoms with Gasteiger partial charge in [-0.05, 0) is 36.1 Å². The van der Waals surface area contributed by atoms with Crippen LogP contribution in [0.2, 0.25) is 0 Å². The average Bonchev–Trinajstić information content (AvgIpc) is 3.49. The molecule has 4 heteroatoms. The summed E-state index contributed by atoms with van der Waals surface area (Å²) < 4.78 is 13.0. The molecule has 0 aliphatic carbocycles. The average molecular weight is 443 g/mol. The maximum absolute atomic E-state index is 6.56. The first-order valence-electron chi connectivity index (χ1n) is 12.2. The summed E-state index contributed by atoms with van der Waals surface area (Å²) in [5, 5.41) is 3.78. The molecule has 3 aromatic rings.